The molecule has 0 spiro atoms. The number of carbonyl (C=O) groups is 11. The van der Waals surface area contributed by atoms with E-state index in [1.807, 2.05) is 48.5 Å². The van der Waals surface area contributed by atoms with Crippen molar-refractivity contribution >= 4 is 65.0 Å². The average Bonchev–Trinajstić information content (AvgIpc) is 3.32. The molecule has 0 radical (unpaired) electrons. The second kappa shape index (κ2) is 34.6. The zero-order valence-electron chi connectivity index (χ0n) is 57.7. The van der Waals surface area contributed by atoms with Crippen molar-refractivity contribution in [3.63, 3.8) is 0 Å². The van der Waals surface area contributed by atoms with Crippen molar-refractivity contribution in [2.45, 2.75) is 242 Å². The molecule has 1 aliphatic rings. The normalized spacial score (nSPS) is 27.4. The third-order valence-electron chi connectivity index (χ3n) is 17.2. The highest BCUT2D eigenvalue weighted by Gasteiger charge is 2.47. The van der Waals surface area contributed by atoms with Gasteiger partial charge in [-0.15, -0.1) is 6.58 Å². The topological polar surface area (TPSA) is 279 Å². The lowest BCUT2D eigenvalue weighted by Gasteiger charge is -2.42. The average molecular weight is 1230 g/mol. The van der Waals surface area contributed by atoms with Gasteiger partial charge in [-0.3, -0.25) is 52.7 Å². The van der Waals surface area contributed by atoms with Crippen LogP contribution in [0.15, 0.2) is 12.7 Å². The van der Waals surface area contributed by atoms with Crippen molar-refractivity contribution in [1.29, 1.82) is 0 Å². The summed E-state index contributed by atoms with van der Waals surface area (Å²) >= 11 is 0. The molecule has 0 aromatic rings. The number of rotatable bonds is 16. The van der Waals surface area contributed by atoms with Gasteiger partial charge < -0.3 is 60.7 Å². The van der Waals surface area contributed by atoms with Crippen LogP contribution in [-0.2, 0) is 52.7 Å². The Kier molecular flexibility index (Phi) is 31.4. The molecule has 0 aromatic heterocycles. The number of unbranched alkanes of at least 4 members (excludes halogenated alkanes) is 1. The maximum Gasteiger partial charge on any atom is 0.246 e. The summed E-state index contributed by atoms with van der Waals surface area (Å²) in [6.07, 6.45) is 2.43. The van der Waals surface area contributed by atoms with Crippen LogP contribution in [0.2, 0.25) is 0 Å². The van der Waals surface area contributed by atoms with Gasteiger partial charge in [-0.25, -0.2) is 0 Å². The monoisotopic (exact) mass is 1230 g/mol. The summed E-state index contributed by atoms with van der Waals surface area (Å²) in [7, 11) is 9.91. The highest BCUT2D eigenvalue weighted by Crippen LogP contribution is 2.29. The largest absolute Gasteiger partial charge is 0.390 e. The van der Waals surface area contributed by atoms with Crippen LogP contribution < -0.4 is 21.3 Å². The van der Waals surface area contributed by atoms with Crippen molar-refractivity contribution in [1.82, 2.24) is 55.6 Å². The molecule has 23 nitrogen and oxygen atoms in total. The Balaban J connectivity index is 4.42. The molecule has 0 saturated carbocycles. The Labute approximate surface area is 521 Å². The van der Waals surface area contributed by atoms with E-state index < -0.39 is 161 Å². The SMILES string of the molecule is C=CC(C)(C)[C@H]1C(=O)N[C@@H](C(C)C)C(=O)N(C)[C@@H](CC(C)C)C(=O)N[C@@H](C)C(=O)N[C@H](C)C(=O)N(C)[C@@H](CC(C)C)C(=O)N(C)[C@@H](CC(C)C)C(=O)N(C)[C@@H](C(C)C)C(=O)N(C)[C@@H]([C@H](O)[C@H](C)CCCC)C(=O)N[C@@H](CC)C(=O)N(C)[C@H](C)C(=O)N1C. The van der Waals surface area contributed by atoms with Crippen molar-refractivity contribution < 1.29 is 57.8 Å². The quantitative estimate of drug-likeness (QED) is 0.137. The molecule has 11 amide bonds. The summed E-state index contributed by atoms with van der Waals surface area (Å²) < 4.78 is 0. The van der Waals surface area contributed by atoms with Gasteiger partial charge in [-0.05, 0) is 88.4 Å². The third kappa shape index (κ3) is 20.7. The fraction of sp³-hybridized carbons (Fsp3) is 0.797. The molecule has 1 fully saturated rings. The van der Waals surface area contributed by atoms with Crippen LogP contribution in [0.3, 0.4) is 0 Å². The summed E-state index contributed by atoms with van der Waals surface area (Å²) in [4.78, 5) is 170. The molecule has 498 valence electrons. The van der Waals surface area contributed by atoms with Crippen LogP contribution in [0.25, 0.3) is 0 Å². The molecule has 13 atom stereocenters. The fourth-order valence-corrected chi connectivity index (χ4v) is 11.3. The molecule has 0 bridgehead atoms. The number of nitrogens with zero attached hydrogens (tertiary/aromatic N) is 7. The second-order valence-electron chi connectivity index (χ2n) is 27.1. The Bertz CT molecular complexity index is 2400. The summed E-state index contributed by atoms with van der Waals surface area (Å²) in [6.45, 7) is 35.1. The maximum absolute atomic E-state index is 15.2. The number of amides is 11. The smallest absolute Gasteiger partial charge is 0.246 e. The van der Waals surface area contributed by atoms with Crippen LogP contribution in [-0.4, -0.2) is 226 Å². The number of likely N-dealkylation sites (N-methyl/N-ethyl adjacent to an activating group) is 7. The third-order valence-corrected chi connectivity index (χ3v) is 17.2. The minimum Gasteiger partial charge on any atom is -0.390 e. The van der Waals surface area contributed by atoms with E-state index in [9.17, 15) is 48.3 Å². The number of hydrogen-bond acceptors (Lipinski definition) is 12. The highest BCUT2D eigenvalue weighted by atomic mass is 16.3. The zero-order valence-corrected chi connectivity index (χ0v) is 57.7. The van der Waals surface area contributed by atoms with Crippen molar-refractivity contribution in [3.05, 3.63) is 12.7 Å². The molecule has 23 heteroatoms. The van der Waals surface area contributed by atoms with E-state index in [2.05, 4.69) is 27.8 Å². The summed E-state index contributed by atoms with van der Waals surface area (Å²) in [5.74, 6) is -9.74. The standard InChI is InChI=1S/C64H115N11O12/c1-27-30-31-40(14)51(76)50-55(79)67-44(28-2)59(83)69(20)43(17)58(82)75(26)52(64(18,19)29-3)56(80)68-48(38(10)11)62(86)70(21)45(32-35(4)5)54(78)65-41(15)53(77)66-42(16)57(81)71(22)46(33-36(6)7)60(84)72(23)47(34-37(8)9)61(85)73(24)49(39(12)13)63(87)74(50)25/h29,35-52,76H,3,27-28,30-34H2,1-2,4-26H3,(H,65,78)(H,66,77)(H,67,79)(H,68,80)/t40-,41+,42-,43-,44+,45+,46+,47+,48+,49+,50+,51-,52-/m1/s1. The Morgan fingerprint density at radius 3 is 1.38 bits per heavy atom. The lowest BCUT2D eigenvalue weighted by atomic mass is 9.82. The van der Waals surface area contributed by atoms with E-state index in [1.165, 1.54) is 101 Å². The summed E-state index contributed by atoms with van der Waals surface area (Å²) in [6, 6.07) is -13.9. The number of aliphatic hydroxyl groups excluding tert-OH is 1. The molecular formula is C64H115N11O12. The summed E-state index contributed by atoms with van der Waals surface area (Å²) in [5, 5.41) is 23.2. The Morgan fingerprint density at radius 1 is 0.483 bits per heavy atom. The van der Waals surface area contributed by atoms with Gasteiger partial charge in [0.05, 0.1) is 6.10 Å². The molecule has 1 saturated heterocycles. The second-order valence-corrected chi connectivity index (χ2v) is 27.1. The highest BCUT2D eigenvalue weighted by molar-refractivity contribution is 6.00. The van der Waals surface area contributed by atoms with Gasteiger partial charge in [0, 0.05) is 54.7 Å². The molecule has 0 aliphatic carbocycles. The van der Waals surface area contributed by atoms with E-state index in [1.54, 1.807) is 55.4 Å². The number of aliphatic hydroxyl groups is 1. The maximum atomic E-state index is 15.2. The minimum atomic E-state index is -1.60. The molecule has 1 heterocycles. The number of hydrogen-bond donors (Lipinski definition) is 5. The fourth-order valence-electron chi connectivity index (χ4n) is 11.3. The summed E-state index contributed by atoms with van der Waals surface area (Å²) in [5.41, 5.74) is -1.15. The van der Waals surface area contributed by atoms with E-state index >= 15 is 9.59 Å². The van der Waals surface area contributed by atoms with Crippen LogP contribution in [0.5, 0.6) is 0 Å². The number of carbonyl (C=O) groups excluding carboxylic acids is 11. The first-order valence-corrected chi connectivity index (χ1v) is 31.4. The Hall–Kier alpha value is -6.13. The molecule has 1 aliphatic heterocycles. The Morgan fingerprint density at radius 2 is 0.931 bits per heavy atom. The molecule has 1 rings (SSSR count). The van der Waals surface area contributed by atoms with Crippen LogP contribution >= 0.6 is 0 Å². The molecule has 5 N–H and O–H groups in total. The van der Waals surface area contributed by atoms with E-state index in [-0.39, 0.29) is 43.4 Å². The molecule has 0 aromatic carbocycles. The molecule has 0 unspecified atom stereocenters. The predicted octanol–water partition coefficient (Wildman–Crippen LogP) is 4.05. The van der Waals surface area contributed by atoms with E-state index in [0.29, 0.717) is 12.8 Å². The minimum absolute atomic E-state index is 0.00911. The van der Waals surface area contributed by atoms with Gasteiger partial charge in [0.25, 0.3) is 0 Å². The van der Waals surface area contributed by atoms with Crippen LogP contribution in [0, 0.1) is 40.9 Å². The van der Waals surface area contributed by atoms with E-state index in [4.69, 9.17) is 0 Å². The van der Waals surface area contributed by atoms with Gasteiger partial charge in [0.15, 0.2) is 0 Å². The lowest BCUT2D eigenvalue weighted by molar-refractivity contribution is -0.157. The first kappa shape index (κ1) is 78.9. The van der Waals surface area contributed by atoms with Crippen LogP contribution in [0.4, 0.5) is 0 Å². The number of nitrogens with one attached hydrogen (secondary N) is 4. The van der Waals surface area contributed by atoms with Gasteiger partial charge in [0.2, 0.25) is 65.0 Å². The van der Waals surface area contributed by atoms with Gasteiger partial charge in [0.1, 0.15) is 66.5 Å². The van der Waals surface area contributed by atoms with Gasteiger partial charge in [-0.2, -0.15) is 0 Å². The van der Waals surface area contributed by atoms with E-state index in [0.717, 1.165) is 16.2 Å². The van der Waals surface area contributed by atoms with Crippen molar-refractivity contribution in [3.8, 4) is 0 Å². The van der Waals surface area contributed by atoms with Crippen molar-refractivity contribution in [2.75, 3.05) is 49.3 Å². The first-order valence-electron chi connectivity index (χ1n) is 31.4. The predicted molar refractivity (Wildman–Crippen MR) is 338 cm³/mol. The zero-order chi connectivity index (χ0) is 67.8. The lowest BCUT2D eigenvalue weighted by Crippen LogP contribution is -2.64. The molecule has 87 heavy (non-hydrogen) atoms. The van der Waals surface area contributed by atoms with Crippen molar-refractivity contribution in [2.24, 2.45) is 40.9 Å². The van der Waals surface area contributed by atoms with Crippen LogP contribution in [0.1, 0.15) is 170 Å². The first-order chi connectivity index (χ1) is 40.0. The molecular weight excluding hydrogens is 1110 g/mol. The van der Waals surface area contributed by atoms with Gasteiger partial charge >= 0.3 is 0 Å². The van der Waals surface area contributed by atoms with Gasteiger partial charge in [-0.1, -0.05) is 123 Å².